The van der Waals surface area contributed by atoms with E-state index >= 15 is 0 Å². The highest BCUT2D eigenvalue weighted by Gasteiger charge is 2.16. The van der Waals surface area contributed by atoms with Crippen molar-refractivity contribution < 1.29 is 0 Å². The minimum atomic E-state index is -0.176. The standard InChI is InChI=1S/C17H11Cl2I/c18-15-10-9-13(11-5-1-2-6-12(11)15)17(19)14-7-3-4-8-16(14)20/h1-10,17H. The highest BCUT2D eigenvalue weighted by Crippen LogP contribution is 2.37. The van der Waals surface area contributed by atoms with E-state index < -0.39 is 0 Å². The quantitative estimate of drug-likeness (QED) is 0.336. The van der Waals surface area contributed by atoms with E-state index in [2.05, 4.69) is 40.8 Å². The fraction of sp³-hybridized carbons (Fsp3) is 0.0588. The second kappa shape index (κ2) is 5.92. The van der Waals surface area contributed by atoms with Crippen LogP contribution in [0.4, 0.5) is 0 Å². The minimum Gasteiger partial charge on any atom is -0.113 e. The van der Waals surface area contributed by atoms with Crippen molar-refractivity contribution in [3.63, 3.8) is 0 Å². The maximum Gasteiger partial charge on any atom is 0.0851 e. The molecule has 0 bridgehead atoms. The molecule has 0 nitrogen and oxygen atoms in total. The third-order valence-electron chi connectivity index (χ3n) is 3.36. The average molecular weight is 413 g/mol. The van der Waals surface area contributed by atoms with E-state index in [1.807, 2.05) is 42.5 Å². The van der Waals surface area contributed by atoms with Gasteiger partial charge in [-0.1, -0.05) is 60.1 Å². The van der Waals surface area contributed by atoms with Crippen molar-refractivity contribution in [3.05, 3.63) is 80.4 Å². The van der Waals surface area contributed by atoms with E-state index in [0.717, 1.165) is 26.9 Å². The van der Waals surface area contributed by atoms with E-state index in [1.165, 1.54) is 3.57 Å². The second-order valence-corrected chi connectivity index (χ2v) is 6.57. The Morgan fingerprint density at radius 2 is 1.40 bits per heavy atom. The molecule has 0 N–H and O–H groups in total. The minimum absolute atomic E-state index is 0.176. The summed E-state index contributed by atoms with van der Waals surface area (Å²) < 4.78 is 1.17. The van der Waals surface area contributed by atoms with Crippen molar-refractivity contribution in [2.75, 3.05) is 0 Å². The van der Waals surface area contributed by atoms with Crippen LogP contribution < -0.4 is 0 Å². The summed E-state index contributed by atoms with van der Waals surface area (Å²) >= 11 is 15.3. The Morgan fingerprint density at radius 1 is 0.750 bits per heavy atom. The first kappa shape index (κ1) is 14.2. The molecule has 0 radical (unpaired) electrons. The Bertz CT molecular complexity index is 768. The molecular formula is C17H11Cl2I. The maximum absolute atomic E-state index is 6.72. The lowest BCUT2D eigenvalue weighted by atomic mass is 9.98. The van der Waals surface area contributed by atoms with Gasteiger partial charge in [-0.3, -0.25) is 0 Å². The largest absolute Gasteiger partial charge is 0.113 e. The van der Waals surface area contributed by atoms with E-state index in [9.17, 15) is 0 Å². The van der Waals surface area contributed by atoms with E-state index in [0.29, 0.717) is 0 Å². The SMILES string of the molecule is Clc1ccc(C(Cl)c2ccccc2I)c2ccccc12. The monoisotopic (exact) mass is 412 g/mol. The highest BCUT2D eigenvalue weighted by atomic mass is 127. The topological polar surface area (TPSA) is 0 Å². The summed E-state index contributed by atoms with van der Waals surface area (Å²) in [6.07, 6.45) is 0. The van der Waals surface area contributed by atoms with Crippen LogP contribution in [0.25, 0.3) is 10.8 Å². The molecule has 3 aromatic carbocycles. The summed E-state index contributed by atoms with van der Waals surface area (Å²) in [5.41, 5.74) is 2.22. The van der Waals surface area contributed by atoms with Crippen LogP contribution in [0.2, 0.25) is 5.02 Å². The number of hydrogen-bond donors (Lipinski definition) is 0. The van der Waals surface area contributed by atoms with Gasteiger partial charge in [-0.15, -0.1) is 11.6 Å². The first-order valence-electron chi connectivity index (χ1n) is 6.24. The smallest absolute Gasteiger partial charge is 0.0851 e. The third kappa shape index (κ3) is 2.54. The number of benzene rings is 3. The summed E-state index contributed by atoms with van der Waals surface area (Å²) in [5.74, 6) is 0. The van der Waals surface area contributed by atoms with Gasteiger partial charge >= 0.3 is 0 Å². The van der Waals surface area contributed by atoms with Gasteiger partial charge in [0.25, 0.3) is 0 Å². The normalized spacial score (nSPS) is 12.6. The molecule has 0 saturated heterocycles. The first-order valence-corrected chi connectivity index (χ1v) is 8.13. The molecule has 0 fully saturated rings. The van der Waals surface area contributed by atoms with E-state index in [1.54, 1.807) is 0 Å². The molecule has 0 saturated carbocycles. The van der Waals surface area contributed by atoms with Gasteiger partial charge in [-0.05, 0) is 51.2 Å². The van der Waals surface area contributed by atoms with Gasteiger partial charge in [-0.25, -0.2) is 0 Å². The van der Waals surface area contributed by atoms with Crippen LogP contribution in [0, 0.1) is 3.57 Å². The lowest BCUT2D eigenvalue weighted by molar-refractivity contribution is 1.14. The fourth-order valence-corrected chi connectivity index (χ4v) is 3.85. The zero-order valence-corrected chi connectivity index (χ0v) is 14.2. The molecule has 100 valence electrons. The second-order valence-electron chi connectivity index (χ2n) is 4.57. The van der Waals surface area contributed by atoms with Crippen molar-refractivity contribution in [2.45, 2.75) is 5.38 Å². The van der Waals surface area contributed by atoms with Gasteiger partial charge in [0.2, 0.25) is 0 Å². The Balaban J connectivity index is 2.20. The van der Waals surface area contributed by atoms with Crippen LogP contribution in [-0.2, 0) is 0 Å². The molecule has 0 spiro atoms. The average Bonchev–Trinajstić information content (AvgIpc) is 2.48. The Labute approximate surface area is 141 Å². The summed E-state index contributed by atoms with van der Waals surface area (Å²) in [6, 6.07) is 20.2. The van der Waals surface area contributed by atoms with Crippen molar-refractivity contribution >= 4 is 56.6 Å². The number of halogens is 3. The zero-order chi connectivity index (χ0) is 14.1. The number of hydrogen-bond acceptors (Lipinski definition) is 0. The summed E-state index contributed by atoms with van der Waals surface area (Å²) in [5, 5.41) is 2.74. The summed E-state index contributed by atoms with van der Waals surface area (Å²) in [7, 11) is 0. The molecule has 3 heteroatoms. The highest BCUT2D eigenvalue weighted by molar-refractivity contribution is 14.1. The molecule has 20 heavy (non-hydrogen) atoms. The number of alkyl halides is 1. The molecule has 0 aromatic heterocycles. The van der Waals surface area contributed by atoms with Gasteiger partial charge in [0.05, 0.1) is 5.38 Å². The lowest BCUT2D eigenvalue weighted by Gasteiger charge is -2.15. The molecule has 0 amide bonds. The lowest BCUT2D eigenvalue weighted by Crippen LogP contribution is -1.97. The van der Waals surface area contributed by atoms with Gasteiger partial charge in [0, 0.05) is 14.0 Å². The Morgan fingerprint density at radius 3 is 2.15 bits per heavy atom. The van der Waals surface area contributed by atoms with Crippen LogP contribution in [0.3, 0.4) is 0 Å². The molecule has 0 aliphatic carbocycles. The molecule has 0 aliphatic rings. The number of rotatable bonds is 2. The zero-order valence-electron chi connectivity index (χ0n) is 10.5. The van der Waals surface area contributed by atoms with Crippen LogP contribution in [0.15, 0.2) is 60.7 Å². The van der Waals surface area contributed by atoms with Gasteiger partial charge in [-0.2, -0.15) is 0 Å². The van der Waals surface area contributed by atoms with Crippen LogP contribution in [0.1, 0.15) is 16.5 Å². The van der Waals surface area contributed by atoms with Crippen molar-refractivity contribution in [1.29, 1.82) is 0 Å². The molecular weight excluding hydrogens is 402 g/mol. The molecule has 3 rings (SSSR count). The molecule has 0 heterocycles. The predicted octanol–water partition coefficient (Wildman–Crippen LogP) is 6.43. The van der Waals surface area contributed by atoms with E-state index in [-0.39, 0.29) is 5.38 Å². The van der Waals surface area contributed by atoms with Crippen molar-refractivity contribution in [2.24, 2.45) is 0 Å². The van der Waals surface area contributed by atoms with Crippen LogP contribution in [-0.4, -0.2) is 0 Å². The Kier molecular flexibility index (Phi) is 4.20. The summed E-state index contributed by atoms with van der Waals surface area (Å²) in [6.45, 7) is 0. The Hall–Kier alpha value is -0.770. The molecule has 1 atom stereocenters. The van der Waals surface area contributed by atoms with Gasteiger partial charge in [0.1, 0.15) is 0 Å². The molecule has 3 aromatic rings. The fourth-order valence-electron chi connectivity index (χ4n) is 2.35. The van der Waals surface area contributed by atoms with Gasteiger partial charge < -0.3 is 0 Å². The van der Waals surface area contributed by atoms with Crippen LogP contribution >= 0.6 is 45.8 Å². The first-order chi connectivity index (χ1) is 9.68. The van der Waals surface area contributed by atoms with Crippen LogP contribution in [0.5, 0.6) is 0 Å². The van der Waals surface area contributed by atoms with E-state index in [4.69, 9.17) is 23.2 Å². The summed E-state index contributed by atoms with van der Waals surface area (Å²) in [4.78, 5) is 0. The molecule has 1 unspecified atom stereocenters. The number of fused-ring (bicyclic) bond motifs is 1. The predicted molar refractivity (Wildman–Crippen MR) is 95.8 cm³/mol. The van der Waals surface area contributed by atoms with Gasteiger partial charge in [0.15, 0.2) is 0 Å². The van der Waals surface area contributed by atoms with Crippen molar-refractivity contribution in [1.82, 2.24) is 0 Å². The molecule has 0 aliphatic heterocycles. The van der Waals surface area contributed by atoms with Crippen molar-refractivity contribution in [3.8, 4) is 0 Å². The maximum atomic E-state index is 6.72. The third-order valence-corrected chi connectivity index (χ3v) is 5.14.